The molecule has 3 nitrogen and oxygen atoms in total. The van der Waals surface area contributed by atoms with Crippen LogP contribution in [-0.4, -0.2) is 19.8 Å². The number of carbonyl (C=O) groups excluding carboxylic acids is 1. The fraction of sp³-hybridized carbons (Fsp3) is 0.125. The van der Waals surface area contributed by atoms with Gasteiger partial charge in [0.1, 0.15) is 0 Å². The van der Waals surface area contributed by atoms with Crippen LogP contribution in [0.25, 0.3) is 0 Å². The number of ketones is 1. The Kier molecular flexibility index (Phi) is 7.00. The number of hydrogen-bond acceptors (Lipinski definition) is 3. The quantitative estimate of drug-likeness (QED) is 0.484. The molecular weight excluding hydrogens is 347 g/mol. The van der Waals surface area contributed by atoms with Crippen LogP contribution in [0.4, 0.5) is 8.78 Å². The van der Waals surface area contributed by atoms with E-state index in [4.69, 9.17) is 0 Å². The Balaban J connectivity index is 0.00000196. The molecule has 0 N–H and O–H groups in total. The molecule has 1 rings (SSSR count). The van der Waals surface area contributed by atoms with Gasteiger partial charge < -0.3 is 4.55 Å². The molecule has 15 heavy (non-hydrogen) atoms. The van der Waals surface area contributed by atoms with E-state index in [1.807, 2.05) is 0 Å². The first-order valence-electron chi connectivity index (χ1n) is 3.53. The summed E-state index contributed by atoms with van der Waals surface area (Å²) in [6.07, 6.45) is 0. The number of halogens is 2. The third-order valence-corrected chi connectivity index (χ3v) is 2.11. The van der Waals surface area contributed by atoms with Gasteiger partial charge in [-0.1, -0.05) is 30.3 Å². The minimum atomic E-state index is -4.36. The second kappa shape index (κ2) is 6.60. The van der Waals surface area contributed by atoms with Crippen molar-refractivity contribution >= 4 is 16.9 Å². The smallest absolute Gasteiger partial charge is 0.768 e. The van der Waals surface area contributed by atoms with Crippen molar-refractivity contribution in [3.8, 4) is 0 Å². The molecule has 1 aromatic rings. The van der Waals surface area contributed by atoms with Crippen LogP contribution in [0, 0.1) is 0 Å². The van der Waals surface area contributed by atoms with E-state index in [1.165, 1.54) is 18.2 Å². The van der Waals surface area contributed by atoms with Crippen LogP contribution in [0.3, 0.4) is 0 Å². The molecule has 0 aliphatic heterocycles. The number of rotatable bonds is 3. The van der Waals surface area contributed by atoms with Gasteiger partial charge in [0.05, 0.1) is 0 Å². The van der Waals surface area contributed by atoms with Crippen molar-refractivity contribution in [3.05, 3.63) is 35.9 Å². The minimum Gasteiger partial charge on any atom is -0.768 e. The Bertz CT molecular complexity index is 369. The van der Waals surface area contributed by atoms with Gasteiger partial charge in [-0.3, -0.25) is 9.00 Å². The molecule has 1 unspecified atom stereocenters. The Hall–Kier alpha value is 0.912. The number of Topliss-reactive ketones (excluding diaryl/α,β-unsaturated/α-hetero) is 1. The topological polar surface area (TPSA) is 57.2 Å². The van der Waals surface area contributed by atoms with E-state index in [2.05, 4.69) is 0 Å². The summed E-state index contributed by atoms with van der Waals surface area (Å²) in [5.74, 6) is -1.72. The number of alkyl halides is 2. The third-order valence-electron chi connectivity index (χ3n) is 1.51. The van der Waals surface area contributed by atoms with Gasteiger partial charge in [-0.15, -0.1) is 0 Å². The molecule has 0 bridgehead atoms. The van der Waals surface area contributed by atoms with Crippen LogP contribution in [0.1, 0.15) is 10.4 Å². The van der Waals surface area contributed by atoms with Gasteiger partial charge in [-0.05, 0) is 0 Å². The van der Waals surface area contributed by atoms with Gasteiger partial charge >= 0.3 is 74.1 Å². The van der Waals surface area contributed by atoms with Crippen molar-refractivity contribution in [2.24, 2.45) is 0 Å². The molecule has 0 saturated carbocycles. The molecule has 0 fully saturated rings. The van der Waals surface area contributed by atoms with Crippen molar-refractivity contribution < 1.29 is 91.2 Å². The van der Waals surface area contributed by atoms with E-state index in [1.54, 1.807) is 0 Å². The summed E-state index contributed by atoms with van der Waals surface area (Å²) in [6, 6.07) is 6.53. The zero-order valence-electron chi connectivity index (χ0n) is 7.78. The van der Waals surface area contributed by atoms with Crippen molar-refractivity contribution in [2.45, 2.75) is 5.25 Å². The van der Waals surface area contributed by atoms with E-state index in [-0.39, 0.29) is 74.5 Å². The second-order valence-electron chi connectivity index (χ2n) is 2.45. The van der Waals surface area contributed by atoms with E-state index < -0.39 is 22.1 Å². The van der Waals surface area contributed by atoms with Gasteiger partial charge in [0.15, 0.2) is 0 Å². The van der Waals surface area contributed by atoms with Crippen molar-refractivity contribution in [1.29, 1.82) is 0 Å². The SMILES string of the molecule is O=C(c1ccccc1)C(F)(F)S(=O)[O-].[Cs+]. The van der Waals surface area contributed by atoms with Gasteiger partial charge in [-0.25, -0.2) is 0 Å². The summed E-state index contributed by atoms with van der Waals surface area (Å²) in [5, 5.41) is -4.36. The van der Waals surface area contributed by atoms with E-state index in [0.29, 0.717) is 0 Å². The molecule has 0 heterocycles. The molecule has 0 radical (unpaired) electrons. The number of benzene rings is 1. The van der Waals surface area contributed by atoms with Gasteiger partial charge in [0.2, 0.25) is 5.78 Å². The van der Waals surface area contributed by atoms with Crippen LogP contribution in [0.2, 0.25) is 0 Å². The van der Waals surface area contributed by atoms with Crippen LogP contribution >= 0.6 is 0 Å². The molecule has 7 heteroatoms. The molecule has 0 spiro atoms. The molecule has 0 saturated heterocycles. The number of carbonyl (C=O) groups is 1. The van der Waals surface area contributed by atoms with Crippen LogP contribution in [-0.2, 0) is 11.1 Å². The van der Waals surface area contributed by atoms with E-state index in [9.17, 15) is 22.3 Å². The van der Waals surface area contributed by atoms with Gasteiger partial charge in [0, 0.05) is 16.6 Å². The molecule has 1 aromatic carbocycles. The normalized spacial score (nSPS) is 12.7. The van der Waals surface area contributed by atoms with Gasteiger partial charge in [0.25, 0.3) is 0 Å². The average Bonchev–Trinajstić information content (AvgIpc) is 2.17. The first kappa shape index (κ1) is 15.9. The number of hydrogen-bond donors (Lipinski definition) is 0. The van der Waals surface area contributed by atoms with Crippen LogP contribution in [0.5, 0.6) is 0 Å². The third kappa shape index (κ3) is 4.01. The van der Waals surface area contributed by atoms with E-state index >= 15 is 0 Å². The Morgan fingerprint density at radius 2 is 1.73 bits per heavy atom. The predicted octanol–water partition coefficient (Wildman–Crippen LogP) is -1.65. The molecular formula is C8H5CsF2O3S. The van der Waals surface area contributed by atoms with Crippen molar-refractivity contribution in [1.82, 2.24) is 0 Å². The first-order valence-corrected chi connectivity index (χ1v) is 4.61. The zero-order chi connectivity index (χ0) is 10.8. The summed E-state index contributed by atoms with van der Waals surface area (Å²) in [7, 11) is 0. The summed E-state index contributed by atoms with van der Waals surface area (Å²) in [5.41, 5.74) is -0.332. The standard InChI is InChI=1S/C8H6F2O3S.Cs/c9-8(10,14(12)13)7(11)6-4-2-1-3-5-6;/h1-5H,(H,12,13);/q;+1/p-1. The Morgan fingerprint density at radius 3 is 2.13 bits per heavy atom. The largest absolute Gasteiger partial charge is 1.00 e. The zero-order valence-corrected chi connectivity index (χ0v) is 14.9. The maximum atomic E-state index is 12.7. The fourth-order valence-corrected chi connectivity index (χ4v) is 1.10. The van der Waals surface area contributed by atoms with Crippen molar-refractivity contribution in [2.75, 3.05) is 0 Å². The van der Waals surface area contributed by atoms with E-state index in [0.717, 1.165) is 12.1 Å². The molecule has 0 aromatic heterocycles. The molecule has 76 valence electrons. The summed E-state index contributed by atoms with van der Waals surface area (Å²) in [6.45, 7) is 0. The Morgan fingerprint density at radius 1 is 1.27 bits per heavy atom. The average molecular weight is 352 g/mol. The summed E-state index contributed by atoms with van der Waals surface area (Å²) < 4.78 is 45.5. The Labute approximate surface area is 146 Å². The second-order valence-corrected chi connectivity index (χ2v) is 3.43. The molecule has 0 aliphatic rings. The summed E-state index contributed by atoms with van der Waals surface area (Å²) in [4.78, 5) is 11.0. The minimum absolute atomic E-state index is 0. The first-order chi connectivity index (χ1) is 6.46. The van der Waals surface area contributed by atoms with Crippen molar-refractivity contribution in [3.63, 3.8) is 0 Å². The predicted molar refractivity (Wildman–Crippen MR) is 44.6 cm³/mol. The molecule has 0 aliphatic carbocycles. The molecule has 0 amide bonds. The summed E-state index contributed by atoms with van der Waals surface area (Å²) >= 11 is -3.74. The maximum absolute atomic E-state index is 12.7. The fourth-order valence-electron chi connectivity index (χ4n) is 0.833. The van der Waals surface area contributed by atoms with Crippen LogP contribution in [0.15, 0.2) is 30.3 Å². The monoisotopic (exact) mass is 352 g/mol. The van der Waals surface area contributed by atoms with Crippen LogP contribution < -0.4 is 68.9 Å². The molecule has 1 atom stereocenters. The van der Waals surface area contributed by atoms with Gasteiger partial charge in [-0.2, -0.15) is 8.78 Å². The maximum Gasteiger partial charge on any atom is 1.00 e.